The molecular weight excluding hydrogens is 412 g/mol. The number of para-hydroxylation sites is 1. The molecule has 0 aliphatic carbocycles. The van der Waals surface area contributed by atoms with E-state index < -0.39 is 5.56 Å². The number of thioether (sulfide) groups is 1. The number of hydrogen-bond acceptors (Lipinski definition) is 7. The maximum Gasteiger partial charge on any atom is 0.283 e. The van der Waals surface area contributed by atoms with Gasteiger partial charge in [-0.2, -0.15) is 5.26 Å². The third-order valence-electron chi connectivity index (χ3n) is 4.02. The first-order chi connectivity index (χ1) is 13.9. The summed E-state index contributed by atoms with van der Waals surface area (Å²) in [4.78, 5) is 28.5. The number of carbonyl (C=O) groups is 1. The summed E-state index contributed by atoms with van der Waals surface area (Å²) < 4.78 is 11.4. The van der Waals surface area contributed by atoms with Gasteiger partial charge < -0.3 is 19.8 Å². The van der Waals surface area contributed by atoms with Crippen LogP contribution in [0.5, 0.6) is 11.5 Å². The number of benzene rings is 1. The lowest BCUT2D eigenvalue weighted by molar-refractivity contribution is 0.263. The smallest absolute Gasteiger partial charge is 0.283 e. The van der Waals surface area contributed by atoms with E-state index in [-0.39, 0.29) is 33.1 Å². The minimum atomic E-state index is -0.563. The molecular formula is C19H16N4O4S2. The first kappa shape index (κ1) is 20.4. The molecule has 29 heavy (non-hydrogen) atoms. The SMILES string of the molecule is C=C1NC(=O)SC1COc1c(/C=C/c2[nH]c(=S)[nH]c(=O)c2C#N)cccc1OC. The third-order valence-corrected chi connectivity index (χ3v) is 5.25. The molecule has 2 aromatic rings. The zero-order valence-corrected chi connectivity index (χ0v) is 16.9. The molecule has 2 heterocycles. The molecule has 1 aromatic heterocycles. The Morgan fingerprint density at radius 3 is 2.79 bits per heavy atom. The van der Waals surface area contributed by atoms with Crippen molar-refractivity contribution in [2.24, 2.45) is 0 Å². The zero-order valence-electron chi connectivity index (χ0n) is 15.3. The van der Waals surface area contributed by atoms with Crippen molar-refractivity contribution in [3.8, 4) is 17.6 Å². The Hall–Kier alpha value is -3.29. The zero-order chi connectivity index (χ0) is 21.0. The minimum absolute atomic E-state index is 0.0801. The number of nitrogens with zero attached hydrogens (tertiary/aromatic N) is 1. The Morgan fingerprint density at radius 2 is 2.14 bits per heavy atom. The number of hydrogen-bond donors (Lipinski definition) is 3. The van der Waals surface area contributed by atoms with E-state index in [1.165, 1.54) is 7.11 Å². The average molecular weight is 428 g/mol. The molecule has 1 aliphatic rings. The molecule has 1 unspecified atom stereocenters. The van der Waals surface area contributed by atoms with Gasteiger partial charge in [0.25, 0.3) is 10.8 Å². The molecule has 10 heteroatoms. The van der Waals surface area contributed by atoms with Crippen LogP contribution in [0.4, 0.5) is 4.79 Å². The van der Waals surface area contributed by atoms with Crippen molar-refractivity contribution in [2.45, 2.75) is 5.25 Å². The first-order valence-electron chi connectivity index (χ1n) is 8.34. The largest absolute Gasteiger partial charge is 0.493 e. The van der Waals surface area contributed by atoms with Gasteiger partial charge in [0.05, 0.1) is 18.1 Å². The summed E-state index contributed by atoms with van der Waals surface area (Å²) in [6.45, 7) is 4.03. The van der Waals surface area contributed by atoms with Crippen molar-refractivity contribution in [2.75, 3.05) is 13.7 Å². The molecule has 1 saturated heterocycles. The second-order valence-corrected chi connectivity index (χ2v) is 7.46. The van der Waals surface area contributed by atoms with E-state index >= 15 is 0 Å². The number of methoxy groups -OCH3 is 1. The Morgan fingerprint density at radius 1 is 1.34 bits per heavy atom. The maximum atomic E-state index is 11.9. The molecule has 1 aromatic carbocycles. The number of H-pyrrole nitrogens is 2. The predicted molar refractivity (Wildman–Crippen MR) is 113 cm³/mol. The number of ether oxygens (including phenoxy) is 2. The summed E-state index contributed by atoms with van der Waals surface area (Å²) in [5, 5.41) is 11.5. The number of nitrogens with one attached hydrogen (secondary N) is 3. The highest BCUT2D eigenvalue weighted by atomic mass is 32.2. The summed E-state index contributed by atoms with van der Waals surface area (Å²) in [6.07, 6.45) is 3.25. The lowest BCUT2D eigenvalue weighted by atomic mass is 10.1. The van der Waals surface area contributed by atoms with Crippen molar-refractivity contribution in [1.82, 2.24) is 15.3 Å². The van der Waals surface area contributed by atoms with E-state index in [9.17, 15) is 14.9 Å². The molecule has 1 fully saturated rings. The molecule has 3 N–H and O–H groups in total. The number of amides is 1. The molecule has 8 nitrogen and oxygen atoms in total. The molecule has 1 aliphatic heterocycles. The topological polar surface area (TPSA) is 120 Å². The fourth-order valence-corrected chi connectivity index (χ4v) is 3.62. The van der Waals surface area contributed by atoms with Crippen molar-refractivity contribution in [1.29, 1.82) is 5.26 Å². The van der Waals surface area contributed by atoms with Gasteiger partial charge in [-0.1, -0.05) is 30.5 Å². The highest BCUT2D eigenvalue weighted by Crippen LogP contribution is 2.34. The van der Waals surface area contributed by atoms with Crippen molar-refractivity contribution >= 4 is 41.4 Å². The van der Waals surface area contributed by atoms with Crippen LogP contribution in [0.3, 0.4) is 0 Å². The Balaban J connectivity index is 1.92. The lowest BCUT2D eigenvalue weighted by Gasteiger charge is -2.15. The third kappa shape index (κ3) is 4.59. The summed E-state index contributed by atoms with van der Waals surface area (Å²) >= 11 is 6.08. The fraction of sp³-hybridized carbons (Fsp3) is 0.158. The van der Waals surface area contributed by atoms with Crippen LogP contribution in [0.1, 0.15) is 16.8 Å². The van der Waals surface area contributed by atoms with Gasteiger partial charge in [0, 0.05) is 11.3 Å². The van der Waals surface area contributed by atoms with Crippen molar-refractivity contribution < 1.29 is 14.3 Å². The van der Waals surface area contributed by atoms with Gasteiger partial charge in [0.15, 0.2) is 16.3 Å². The number of aromatic amines is 2. The summed E-state index contributed by atoms with van der Waals surface area (Å²) in [7, 11) is 1.52. The van der Waals surface area contributed by atoms with E-state index in [0.29, 0.717) is 22.8 Å². The highest BCUT2D eigenvalue weighted by Gasteiger charge is 2.27. The summed E-state index contributed by atoms with van der Waals surface area (Å²) in [5.74, 6) is 0.959. The van der Waals surface area contributed by atoms with Crippen LogP contribution >= 0.6 is 24.0 Å². The molecule has 1 atom stereocenters. The van der Waals surface area contributed by atoms with Crippen LogP contribution in [-0.4, -0.2) is 34.2 Å². The van der Waals surface area contributed by atoms with Crippen LogP contribution in [0, 0.1) is 16.1 Å². The number of aromatic nitrogens is 2. The molecule has 0 saturated carbocycles. The molecule has 0 spiro atoms. The monoisotopic (exact) mass is 428 g/mol. The molecule has 0 bridgehead atoms. The van der Waals surface area contributed by atoms with Gasteiger partial charge in [-0.15, -0.1) is 0 Å². The molecule has 148 valence electrons. The quantitative estimate of drug-likeness (QED) is 0.604. The van der Waals surface area contributed by atoms with Crippen molar-refractivity contribution in [3.05, 3.63) is 62.4 Å². The van der Waals surface area contributed by atoms with Crippen LogP contribution < -0.4 is 20.3 Å². The molecule has 0 radical (unpaired) electrons. The summed E-state index contributed by atoms with van der Waals surface area (Å²) in [6, 6.07) is 7.18. The molecule has 3 rings (SSSR count). The highest BCUT2D eigenvalue weighted by molar-refractivity contribution is 8.14. The standard InChI is InChI=1S/C19H16N4O4S2/c1-10-15(29-19(25)21-10)9-27-16-11(4-3-5-14(16)26-2)6-7-13-12(8-20)17(24)23-18(28)22-13/h3-7,15H,1,9H2,2H3,(H,21,25)(H2,22,23,24,28)/b7-6+. The Kier molecular flexibility index (Phi) is 6.21. The van der Waals surface area contributed by atoms with Gasteiger partial charge in [-0.25, -0.2) is 0 Å². The van der Waals surface area contributed by atoms with E-state index in [4.69, 9.17) is 21.7 Å². The lowest BCUT2D eigenvalue weighted by Crippen LogP contribution is -2.17. The second-order valence-electron chi connectivity index (χ2n) is 5.88. The summed E-state index contributed by atoms with van der Waals surface area (Å²) in [5.41, 5.74) is 0.877. The molecule has 1 amide bonds. The van der Waals surface area contributed by atoms with Gasteiger partial charge in [-0.3, -0.25) is 14.6 Å². The predicted octanol–water partition coefficient (Wildman–Crippen LogP) is 3.20. The minimum Gasteiger partial charge on any atom is -0.493 e. The van der Waals surface area contributed by atoms with E-state index in [2.05, 4.69) is 21.9 Å². The van der Waals surface area contributed by atoms with E-state index in [1.54, 1.807) is 30.4 Å². The van der Waals surface area contributed by atoms with Gasteiger partial charge in [-0.05, 0) is 30.4 Å². The fourth-order valence-electron chi connectivity index (χ4n) is 2.63. The van der Waals surface area contributed by atoms with Crippen LogP contribution in [-0.2, 0) is 0 Å². The maximum absolute atomic E-state index is 11.9. The van der Waals surface area contributed by atoms with E-state index in [1.807, 2.05) is 6.07 Å². The van der Waals surface area contributed by atoms with Crippen LogP contribution in [0.25, 0.3) is 12.2 Å². The Bertz CT molecular complexity index is 1160. The van der Waals surface area contributed by atoms with Gasteiger partial charge in [0.2, 0.25) is 0 Å². The van der Waals surface area contributed by atoms with Crippen LogP contribution in [0.2, 0.25) is 0 Å². The number of nitriles is 1. The van der Waals surface area contributed by atoms with Crippen LogP contribution in [0.15, 0.2) is 35.3 Å². The number of carbonyl (C=O) groups excluding carboxylic acids is 1. The van der Waals surface area contributed by atoms with Gasteiger partial charge in [0.1, 0.15) is 18.2 Å². The van der Waals surface area contributed by atoms with E-state index in [0.717, 1.165) is 11.8 Å². The average Bonchev–Trinajstić information content (AvgIpc) is 3.01. The second kappa shape index (κ2) is 8.81. The Labute approximate surface area is 175 Å². The normalized spacial score (nSPS) is 15.9. The van der Waals surface area contributed by atoms with Gasteiger partial charge >= 0.3 is 0 Å². The van der Waals surface area contributed by atoms with Crippen molar-refractivity contribution in [3.63, 3.8) is 0 Å². The first-order valence-corrected chi connectivity index (χ1v) is 9.62. The number of rotatable bonds is 6.